The SMILES string of the molecule is CCC(N)(CC)C(=O)Nc1cccc(Cl)c1C(=O)O. The average molecular weight is 285 g/mol. The van der Waals surface area contributed by atoms with Gasteiger partial charge in [-0.15, -0.1) is 0 Å². The van der Waals surface area contributed by atoms with Crippen molar-refractivity contribution in [2.45, 2.75) is 32.2 Å². The maximum absolute atomic E-state index is 12.1. The van der Waals surface area contributed by atoms with Gasteiger partial charge < -0.3 is 16.2 Å². The van der Waals surface area contributed by atoms with Crippen molar-refractivity contribution in [2.75, 3.05) is 5.32 Å². The highest BCUT2D eigenvalue weighted by molar-refractivity contribution is 6.34. The van der Waals surface area contributed by atoms with Crippen molar-refractivity contribution in [2.24, 2.45) is 5.73 Å². The number of rotatable bonds is 5. The van der Waals surface area contributed by atoms with Gasteiger partial charge in [-0.05, 0) is 25.0 Å². The lowest BCUT2D eigenvalue weighted by molar-refractivity contribution is -0.121. The fourth-order valence-electron chi connectivity index (χ4n) is 1.66. The molecule has 1 amide bonds. The Hall–Kier alpha value is -1.59. The number of halogens is 1. The Morgan fingerprint density at radius 3 is 2.42 bits per heavy atom. The van der Waals surface area contributed by atoms with Crippen LogP contribution in [-0.2, 0) is 4.79 Å². The van der Waals surface area contributed by atoms with E-state index in [1.807, 2.05) is 0 Å². The molecule has 5 nitrogen and oxygen atoms in total. The zero-order valence-electron chi connectivity index (χ0n) is 10.9. The zero-order valence-corrected chi connectivity index (χ0v) is 11.6. The van der Waals surface area contributed by atoms with Gasteiger partial charge in [0.05, 0.1) is 16.2 Å². The summed E-state index contributed by atoms with van der Waals surface area (Å²) >= 11 is 5.83. The molecule has 4 N–H and O–H groups in total. The molecule has 0 bridgehead atoms. The fourth-order valence-corrected chi connectivity index (χ4v) is 1.92. The van der Waals surface area contributed by atoms with E-state index in [-0.39, 0.29) is 16.3 Å². The van der Waals surface area contributed by atoms with E-state index < -0.39 is 17.4 Å². The highest BCUT2D eigenvalue weighted by atomic mass is 35.5. The van der Waals surface area contributed by atoms with E-state index in [0.29, 0.717) is 12.8 Å². The summed E-state index contributed by atoms with van der Waals surface area (Å²) in [6.07, 6.45) is 0.913. The minimum atomic E-state index is -1.20. The van der Waals surface area contributed by atoms with Crippen molar-refractivity contribution in [1.82, 2.24) is 0 Å². The lowest BCUT2D eigenvalue weighted by atomic mass is 9.93. The molecule has 0 aromatic heterocycles. The summed E-state index contributed by atoms with van der Waals surface area (Å²) < 4.78 is 0. The minimum absolute atomic E-state index is 0.0703. The molecule has 0 aliphatic heterocycles. The number of nitrogens with two attached hydrogens (primary N) is 1. The summed E-state index contributed by atoms with van der Waals surface area (Å²) in [4.78, 5) is 23.3. The molecule has 1 aromatic carbocycles. The molecule has 0 fully saturated rings. The molecular weight excluding hydrogens is 268 g/mol. The molecule has 0 atom stereocenters. The summed E-state index contributed by atoms with van der Waals surface area (Å²) in [5.41, 5.74) is 4.97. The maximum atomic E-state index is 12.1. The van der Waals surface area contributed by atoms with Gasteiger partial charge >= 0.3 is 5.97 Å². The van der Waals surface area contributed by atoms with Gasteiger partial charge in [-0.25, -0.2) is 4.79 Å². The summed E-state index contributed by atoms with van der Waals surface area (Å²) in [5.74, 6) is -1.61. The molecule has 0 saturated carbocycles. The van der Waals surface area contributed by atoms with E-state index >= 15 is 0 Å². The summed E-state index contributed by atoms with van der Waals surface area (Å²) in [6, 6.07) is 4.51. The number of carboxylic acids is 1. The van der Waals surface area contributed by atoms with Crippen LogP contribution in [-0.4, -0.2) is 22.5 Å². The highest BCUT2D eigenvalue weighted by Gasteiger charge is 2.31. The summed E-state index contributed by atoms with van der Waals surface area (Å²) in [5, 5.41) is 11.7. The molecule has 1 aromatic rings. The third-order valence-corrected chi connectivity index (χ3v) is 3.50. The monoisotopic (exact) mass is 284 g/mol. The molecule has 0 radical (unpaired) electrons. The molecule has 0 aliphatic rings. The first kappa shape index (κ1) is 15.5. The third kappa shape index (κ3) is 3.24. The Bertz CT molecular complexity index is 499. The van der Waals surface area contributed by atoms with Gasteiger partial charge in [0.25, 0.3) is 0 Å². The van der Waals surface area contributed by atoms with Crippen LogP contribution in [0.25, 0.3) is 0 Å². The van der Waals surface area contributed by atoms with E-state index in [2.05, 4.69) is 5.32 Å². The van der Waals surface area contributed by atoms with Crippen LogP contribution in [0.3, 0.4) is 0 Å². The second-order valence-electron chi connectivity index (χ2n) is 4.28. The number of hydrogen-bond donors (Lipinski definition) is 3. The van der Waals surface area contributed by atoms with Gasteiger partial charge in [0, 0.05) is 0 Å². The largest absolute Gasteiger partial charge is 0.478 e. The van der Waals surface area contributed by atoms with Crippen LogP contribution in [0.2, 0.25) is 5.02 Å². The number of carbonyl (C=O) groups excluding carboxylic acids is 1. The van der Waals surface area contributed by atoms with Crippen LogP contribution in [0.5, 0.6) is 0 Å². The number of hydrogen-bond acceptors (Lipinski definition) is 3. The Balaban J connectivity index is 3.10. The van der Waals surface area contributed by atoms with Gasteiger partial charge in [0.15, 0.2) is 0 Å². The smallest absolute Gasteiger partial charge is 0.339 e. The van der Waals surface area contributed by atoms with Gasteiger partial charge in [-0.2, -0.15) is 0 Å². The molecule has 6 heteroatoms. The number of aromatic carboxylic acids is 1. The van der Waals surface area contributed by atoms with Gasteiger partial charge in [0.2, 0.25) is 5.91 Å². The van der Waals surface area contributed by atoms with Crippen molar-refractivity contribution in [3.05, 3.63) is 28.8 Å². The predicted octanol–water partition coefficient (Wildman–Crippen LogP) is 2.49. The van der Waals surface area contributed by atoms with Crippen molar-refractivity contribution in [3.8, 4) is 0 Å². The number of amides is 1. The minimum Gasteiger partial charge on any atom is -0.478 e. The molecule has 0 saturated heterocycles. The lowest BCUT2D eigenvalue weighted by Gasteiger charge is -2.25. The van der Waals surface area contributed by atoms with E-state index in [0.717, 1.165) is 0 Å². The quantitative estimate of drug-likeness (QED) is 0.774. The van der Waals surface area contributed by atoms with Crippen molar-refractivity contribution >= 4 is 29.2 Å². The number of benzene rings is 1. The highest BCUT2D eigenvalue weighted by Crippen LogP contribution is 2.25. The first-order valence-corrected chi connectivity index (χ1v) is 6.35. The number of anilines is 1. The molecule has 0 heterocycles. The number of carbonyl (C=O) groups is 2. The lowest BCUT2D eigenvalue weighted by Crippen LogP contribution is -2.50. The Labute approximate surface area is 116 Å². The van der Waals surface area contributed by atoms with E-state index in [4.69, 9.17) is 22.4 Å². The van der Waals surface area contributed by atoms with Crippen LogP contribution in [0, 0.1) is 0 Å². The van der Waals surface area contributed by atoms with E-state index in [1.165, 1.54) is 12.1 Å². The van der Waals surface area contributed by atoms with Crippen molar-refractivity contribution in [1.29, 1.82) is 0 Å². The molecule has 0 aliphatic carbocycles. The van der Waals surface area contributed by atoms with Crippen LogP contribution in [0.4, 0.5) is 5.69 Å². The predicted molar refractivity (Wildman–Crippen MR) is 74.5 cm³/mol. The topological polar surface area (TPSA) is 92.4 Å². The first-order chi connectivity index (χ1) is 8.85. The van der Waals surface area contributed by atoms with E-state index in [1.54, 1.807) is 19.9 Å². The zero-order chi connectivity index (χ0) is 14.6. The van der Waals surface area contributed by atoms with Crippen LogP contribution in [0.1, 0.15) is 37.0 Å². The molecular formula is C13H17ClN2O3. The number of carboxylic acid groups (broad SMARTS) is 1. The molecule has 1 rings (SSSR count). The number of nitrogens with one attached hydrogen (secondary N) is 1. The Kier molecular flexibility index (Phi) is 4.91. The van der Waals surface area contributed by atoms with Crippen molar-refractivity contribution < 1.29 is 14.7 Å². The van der Waals surface area contributed by atoms with Crippen molar-refractivity contribution in [3.63, 3.8) is 0 Å². The first-order valence-electron chi connectivity index (χ1n) is 5.97. The van der Waals surface area contributed by atoms with Crippen LogP contribution >= 0.6 is 11.6 Å². The summed E-state index contributed by atoms with van der Waals surface area (Å²) in [7, 11) is 0. The fraction of sp³-hybridized carbons (Fsp3) is 0.385. The molecule has 104 valence electrons. The molecule has 19 heavy (non-hydrogen) atoms. The normalized spacial score (nSPS) is 11.2. The van der Waals surface area contributed by atoms with Crippen LogP contribution < -0.4 is 11.1 Å². The van der Waals surface area contributed by atoms with Crippen LogP contribution in [0.15, 0.2) is 18.2 Å². The molecule has 0 spiro atoms. The third-order valence-electron chi connectivity index (χ3n) is 3.19. The standard InChI is InChI=1S/C13H17ClN2O3/c1-3-13(15,4-2)12(19)16-9-7-5-6-8(14)10(9)11(17)18/h5-7H,3-4,15H2,1-2H3,(H,16,19)(H,17,18). The maximum Gasteiger partial charge on any atom is 0.339 e. The molecule has 0 unspecified atom stereocenters. The van der Waals surface area contributed by atoms with Gasteiger partial charge in [-0.3, -0.25) is 4.79 Å². The Morgan fingerprint density at radius 2 is 1.95 bits per heavy atom. The van der Waals surface area contributed by atoms with Gasteiger partial charge in [-0.1, -0.05) is 31.5 Å². The summed E-state index contributed by atoms with van der Waals surface area (Å²) in [6.45, 7) is 3.61. The van der Waals surface area contributed by atoms with Gasteiger partial charge in [0.1, 0.15) is 5.56 Å². The average Bonchev–Trinajstić information content (AvgIpc) is 2.37. The van der Waals surface area contributed by atoms with E-state index in [9.17, 15) is 9.59 Å². The second-order valence-corrected chi connectivity index (χ2v) is 4.69. The Morgan fingerprint density at radius 1 is 1.37 bits per heavy atom. The second kappa shape index (κ2) is 6.04.